The summed E-state index contributed by atoms with van der Waals surface area (Å²) >= 11 is 0. The summed E-state index contributed by atoms with van der Waals surface area (Å²) in [4.78, 5) is 2.55. The van der Waals surface area contributed by atoms with Gasteiger partial charge in [-0.25, -0.2) is 0 Å². The standard InChI is InChI=1S/C15H25F3N2O/c16-15(17,18)10-21-14-3-1-2-11(8-14)19-12-6-7-20(9-12)13-4-5-13/h11-14,19H,1-10H2. The quantitative estimate of drug-likeness (QED) is 0.845. The Morgan fingerprint density at radius 1 is 1.05 bits per heavy atom. The first-order chi connectivity index (χ1) is 9.99. The maximum atomic E-state index is 12.2. The Morgan fingerprint density at radius 2 is 1.86 bits per heavy atom. The summed E-state index contributed by atoms with van der Waals surface area (Å²) in [5, 5.41) is 3.65. The van der Waals surface area contributed by atoms with Gasteiger partial charge in [0.05, 0.1) is 6.10 Å². The van der Waals surface area contributed by atoms with Crippen molar-refractivity contribution in [2.75, 3.05) is 19.7 Å². The predicted octanol–water partition coefficient (Wildman–Crippen LogP) is 2.70. The number of hydrogen-bond donors (Lipinski definition) is 1. The fourth-order valence-corrected chi connectivity index (χ4v) is 3.69. The van der Waals surface area contributed by atoms with Gasteiger partial charge in [0.1, 0.15) is 6.61 Å². The summed E-state index contributed by atoms with van der Waals surface area (Å²) in [5.41, 5.74) is 0. The van der Waals surface area contributed by atoms with Crippen molar-refractivity contribution >= 4 is 0 Å². The van der Waals surface area contributed by atoms with Crippen molar-refractivity contribution in [2.45, 2.75) is 75.4 Å². The lowest BCUT2D eigenvalue weighted by Gasteiger charge is -2.32. The molecule has 1 aliphatic heterocycles. The lowest BCUT2D eigenvalue weighted by Crippen LogP contribution is -2.44. The highest BCUT2D eigenvalue weighted by Gasteiger charge is 2.36. The maximum absolute atomic E-state index is 12.2. The van der Waals surface area contributed by atoms with Crippen LogP contribution < -0.4 is 5.32 Å². The summed E-state index contributed by atoms with van der Waals surface area (Å²) in [7, 11) is 0. The Hall–Kier alpha value is -0.330. The Morgan fingerprint density at radius 3 is 2.57 bits per heavy atom. The Labute approximate surface area is 124 Å². The highest BCUT2D eigenvalue weighted by Crippen LogP contribution is 2.30. The van der Waals surface area contributed by atoms with Crippen LogP contribution in [0.25, 0.3) is 0 Å². The summed E-state index contributed by atoms with van der Waals surface area (Å²) < 4.78 is 41.7. The van der Waals surface area contributed by atoms with Crippen LogP contribution in [0.2, 0.25) is 0 Å². The fourth-order valence-electron chi connectivity index (χ4n) is 3.69. The molecule has 122 valence electrons. The highest BCUT2D eigenvalue weighted by molar-refractivity contribution is 4.93. The molecule has 1 heterocycles. The van der Waals surface area contributed by atoms with Crippen molar-refractivity contribution in [1.29, 1.82) is 0 Å². The molecule has 3 rings (SSSR count). The Bertz CT molecular complexity index is 346. The van der Waals surface area contributed by atoms with Crippen LogP contribution in [0.4, 0.5) is 13.2 Å². The molecule has 0 spiro atoms. The molecule has 3 fully saturated rings. The number of rotatable bonds is 5. The molecule has 3 atom stereocenters. The van der Waals surface area contributed by atoms with Gasteiger partial charge in [0.2, 0.25) is 0 Å². The topological polar surface area (TPSA) is 24.5 Å². The summed E-state index contributed by atoms with van der Waals surface area (Å²) in [6, 6.07) is 1.64. The van der Waals surface area contributed by atoms with E-state index in [1.807, 2.05) is 0 Å². The molecule has 3 unspecified atom stereocenters. The SMILES string of the molecule is FC(F)(F)COC1CCCC(NC2CCN(C3CC3)C2)C1. The molecule has 0 aromatic carbocycles. The van der Waals surface area contributed by atoms with Gasteiger partial charge in [-0.15, -0.1) is 0 Å². The second kappa shape index (κ2) is 6.42. The van der Waals surface area contributed by atoms with Gasteiger partial charge in [-0.2, -0.15) is 13.2 Å². The van der Waals surface area contributed by atoms with E-state index in [1.54, 1.807) is 0 Å². The van der Waals surface area contributed by atoms with E-state index >= 15 is 0 Å². The highest BCUT2D eigenvalue weighted by atomic mass is 19.4. The van der Waals surface area contributed by atoms with Gasteiger partial charge >= 0.3 is 6.18 Å². The van der Waals surface area contributed by atoms with E-state index < -0.39 is 12.8 Å². The van der Waals surface area contributed by atoms with E-state index in [1.165, 1.54) is 25.8 Å². The Balaban J connectivity index is 1.39. The van der Waals surface area contributed by atoms with Crippen molar-refractivity contribution in [2.24, 2.45) is 0 Å². The molecule has 21 heavy (non-hydrogen) atoms. The summed E-state index contributed by atoms with van der Waals surface area (Å²) in [6.45, 7) is 1.17. The zero-order valence-electron chi connectivity index (χ0n) is 12.4. The molecule has 2 saturated carbocycles. The van der Waals surface area contributed by atoms with Crippen molar-refractivity contribution in [3.8, 4) is 0 Å². The summed E-state index contributed by atoms with van der Waals surface area (Å²) in [5.74, 6) is 0. The van der Waals surface area contributed by atoms with Gasteiger partial charge < -0.3 is 10.1 Å². The third-order valence-electron chi connectivity index (χ3n) is 4.86. The normalized spacial score (nSPS) is 35.3. The van der Waals surface area contributed by atoms with Crippen LogP contribution in [-0.2, 0) is 4.74 Å². The Kier molecular flexibility index (Phi) is 4.76. The first kappa shape index (κ1) is 15.6. The minimum atomic E-state index is -4.21. The predicted molar refractivity (Wildman–Crippen MR) is 74.2 cm³/mol. The molecule has 3 aliphatic rings. The van der Waals surface area contributed by atoms with E-state index in [-0.39, 0.29) is 6.10 Å². The van der Waals surface area contributed by atoms with E-state index in [9.17, 15) is 13.2 Å². The molecular formula is C15H25F3N2O. The average molecular weight is 306 g/mol. The van der Waals surface area contributed by atoms with Crippen molar-refractivity contribution < 1.29 is 17.9 Å². The lowest BCUT2D eigenvalue weighted by atomic mass is 9.92. The number of halogens is 3. The number of ether oxygens (including phenoxy) is 1. The minimum absolute atomic E-state index is 0.237. The number of alkyl halides is 3. The van der Waals surface area contributed by atoms with E-state index in [0.717, 1.165) is 38.3 Å². The molecule has 0 amide bonds. The number of likely N-dealkylation sites (tertiary alicyclic amines) is 1. The maximum Gasteiger partial charge on any atom is 0.411 e. The average Bonchev–Trinajstić information content (AvgIpc) is 3.17. The van der Waals surface area contributed by atoms with E-state index in [2.05, 4.69) is 10.2 Å². The fraction of sp³-hybridized carbons (Fsp3) is 1.00. The van der Waals surface area contributed by atoms with Gasteiger partial charge in [0, 0.05) is 31.2 Å². The van der Waals surface area contributed by atoms with Crippen molar-refractivity contribution in [3.05, 3.63) is 0 Å². The van der Waals surface area contributed by atoms with Gasteiger partial charge in [0.15, 0.2) is 0 Å². The third-order valence-corrected chi connectivity index (χ3v) is 4.86. The van der Waals surface area contributed by atoms with Crippen molar-refractivity contribution in [3.63, 3.8) is 0 Å². The van der Waals surface area contributed by atoms with Crippen LogP contribution in [0.3, 0.4) is 0 Å². The van der Waals surface area contributed by atoms with Crippen LogP contribution in [-0.4, -0.2) is 55.0 Å². The van der Waals surface area contributed by atoms with Crippen molar-refractivity contribution in [1.82, 2.24) is 10.2 Å². The molecule has 0 aromatic rings. The van der Waals surface area contributed by atoms with Crippen LogP contribution >= 0.6 is 0 Å². The lowest BCUT2D eigenvalue weighted by molar-refractivity contribution is -0.188. The second-order valence-corrected chi connectivity index (χ2v) is 6.79. The molecule has 1 saturated heterocycles. The first-order valence-corrected chi connectivity index (χ1v) is 8.18. The minimum Gasteiger partial charge on any atom is -0.369 e. The second-order valence-electron chi connectivity index (χ2n) is 6.79. The van der Waals surface area contributed by atoms with Crippen LogP contribution in [0.15, 0.2) is 0 Å². The smallest absolute Gasteiger partial charge is 0.369 e. The van der Waals surface area contributed by atoms with Gasteiger partial charge in [-0.1, -0.05) is 0 Å². The molecule has 3 nitrogen and oxygen atoms in total. The largest absolute Gasteiger partial charge is 0.411 e. The molecule has 1 N–H and O–H groups in total. The molecule has 0 bridgehead atoms. The summed E-state index contributed by atoms with van der Waals surface area (Å²) in [6.07, 6.45) is 2.89. The van der Waals surface area contributed by atoms with Crippen LogP contribution in [0, 0.1) is 0 Å². The third kappa shape index (κ3) is 4.83. The van der Waals surface area contributed by atoms with Gasteiger partial charge in [-0.05, 0) is 44.9 Å². The van der Waals surface area contributed by atoms with Crippen LogP contribution in [0.5, 0.6) is 0 Å². The molecular weight excluding hydrogens is 281 g/mol. The molecule has 0 aromatic heterocycles. The van der Waals surface area contributed by atoms with E-state index in [4.69, 9.17) is 4.74 Å². The zero-order valence-corrected chi connectivity index (χ0v) is 12.4. The molecule has 2 aliphatic carbocycles. The van der Waals surface area contributed by atoms with Crippen LogP contribution in [0.1, 0.15) is 44.9 Å². The number of nitrogens with zero attached hydrogens (tertiary/aromatic N) is 1. The monoisotopic (exact) mass is 306 g/mol. The van der Waals surface area contributed by atoms with Gasteiger partial charge in [0.25, 0.3) is 0 Å². The molecule has 0 radical (unpaired) electrons. The number of hydrogen-bond acceptors (Lipinski definition) is 3. The van der Waals surface area contributed by atoms with Gasteiger partial charge in [-0.3, -0.25) is 4.90 Å². The molecule has 6 heteroatoms. The number of nitrogens with one attached hydrogen (secondary N) is 1. The first-order valence-electron chi connectivity index (χ1n) is 8.18. The zero-order chi connectivity index (χ0) is 14.9. The van der Waals surface area contributed by atoms with E-state index in [0.29, 0.717) is 12.1 Å².